The summed E-state index contributed by atoms with van der Waals surface area (Å²) in [5.41, 5.74) is -2.17. The van der Waals surface area contributed by atoms with Gasteiger partial charge in [0.1, 0.15) is 53.9 Å². The molecule has 602 valence electrons. The summed E-state index contributed by atoms with van der Waals surface area (Å²) in [5.74, 6) is -10.1. The Kier molecular flexibility index (Phi) is 29.8. The summed E-state index contributed by atoms with van der Waals surface area (Å²) in [6, 6.07) is -9.95. The Labute approximate surface area is 631 Å². The first-order valence-corrected chi connectivity index (χ1v) is 39.6. The van der Waals surface area contributed by atoms with Crippen molar-refractivity contribution in [1.29, 1.82) is 0 Å². The maximum atomic E-state index is 15.8. The molecule has 3 aliphatic heterocycles. The zero-order valence-corrected chi connectivity index (χ0v) is 66.2. The number of ether oxygens (including phenoxy) is 2. The van der Waals surface area contributed by atoms with Crippen LogP contribution in [0.3, 0.4) is 0 Å². The largest absolute Gasteiger partial charge is 0.394 e. The molecule has 0 aromatic heterocycles. The molecule has 29 heteroatoms. The predicted octanol–water partition coefficient (Wildman–Crippen LogP) is 6.07. The molecule has 7 fully saturated rings. The van der Waals surface area contributed by atoms with E-state index in [0.717, 1.165) is 51.4 Å². The third-order valence-corrected chi connectivity index (χ3v) is 25.0. The van der Waals surface area contributed by atoms with Gasteiger partial charge in [-0.25, -0.2) is 0 Å². The lowest BCUT2D eigenvalue weighted by atomic mass is 9.58. The zero-order chi connectivity index (χ0) is 78.7. The van der Waals surface area contributed by atoms with Crippen molar-refractivity contribution in [3.8, 4) is 0 Å². The number of hydrogen-bond donors (Lipinski definition) is 3. The number of amides is 12. The topological polar surface area (TPSA) is 289 Å². The molecule has 2 bridgehead atoms. The molecule has 5 aliphatic carbocycles. The van der Waals surface area contributed by atoms with Gasteiger partial charge in [0.15, 0.2) is 0 Å². The molecule has 3 heterocycles. The Morgan fingerprint density at radius 3 is 1.86 bits per heavy atom. The van der Waals surface area contributed by atoms with E-state index >= 15 is 28.8 Å². The van der Waals surface area contributed by atoms with Crippen LogP contribution in [0.5, 0.6) is 0 Å². The summed E-state index contributed by atoms with van der Waals surface area (Å²) in [5, 5.41) is 8.99. The molecule has 12 atom stereocenters. The van der Waals surface area contributed by atoms with Crippen LogP contribution in [0, 0.1) is 40.9 Å². The summed E-state index contributed by atoms with van der Waals surface area (Å²) < 4.78 is 54.6. The number of hydrogen-bond acceptors (Lipinski definition) is 14. The Morgan fingerprint density at radius 2 is 1.26 bits per heavy atom. The third-order valence-electron chi connectivity index (χ3n) is 25.0. The standard InChI is InChI=1S/C78H125F3N12O14/c1-15-24-56-67(97)83-65(51-25-19-20-26-51)73(103)87(9)45-64(96)89(11)57-29-18-17-23-38-92(72(57)102)60(39-49-32-30-48(3)31-33-49)71(101)86(8)44-62(94)82-55(37-35-50-34-36-54(78(79,80)81)61(40-50)106-14)69(99)93-43-53(107-16-2)41-58(93)68(98)84-77(46-76(4,5)47-77)75(105)91(13)66(52-27-21-22-28-52)74(104)90(12)59(70(100)85(6)7)42-63(95)88(56)10/h17-18,48-61,65-66H,15-16,19-47H2,1-14H3,(H,82,94)(H,83,97)(H,84,98)/b18-17-/t48?,49?,50?,53-,54?,55+,56+,57+,58+,59+,60+,61?,65+,66+/m1/s1. The summed E-state index contributed by atoms with van der Waals surface area (Å²) in [7, 11) is 12.9. The number of carbonyl (C=O) groups is 12. The molecule has 0 radical (unpaired) electrons. The molecule has 0 aromatic carbocycles. The average molecular weight is 1510 g/mol. The van der Waals surface area contributed by atoms with Crippen LogP contribution >= 0.6 is 0 Å². The van der Waals surface area contributed by atoms with Crippen molar-refractivity contribution in [2.24, 2.45) is 40.9 Å². The predicted molar refractivity (Wildman–Crippen MR) is 393 cm³/mol. The Balaban J connectivity index is 1.20. The molecule has 3 N–H and O–H groups in total. The van der Waals surface area contributed by atoms with Gasteiger partial charge in [0.05, 0.1) is 37.6 Å². The first-order valence-electron chi connectivity index (χ1n) is 39.6. The van der Waals surface area contributed by atoms with Crippen LogP contribution in [0.25, 0.3) is 0 Å². The SMILES string of the molecule is CCC[C@H]1C(=O)N[C@@H](C2CCCC2)C(=O)N(C)CC(=O)N(C)[C@H]2C/C=C\CCN(C2=O)[C@@H](CC2CCC(C)CC2)C(=O)N(C)CC(=O)N[C@@H](CCC2CCC(C(F)(F)F)C(OC)C2)C(=O)N2C[C@H](OCC)C[C@H]2C(=O)NC2(CC(C)(C)C2)C(=O)N(C)[C@@H](C2CCCC2)C(=O)N(C)[C@H](C(=O)N(C)C)CC(=O)N1C. The van der Waals surface area contributed by atoms with Gasteiger partial charge < -0.3 is 69.5 Å². The van der Waals surface area contributed by atoms with Crippen molar-refractivity contribution < 1.29 is 80.2 Å². The number of carbonyl (C=O) groups excluding carboxylic acids is 12. The summed E-state index contributed by atoms with van der Waals surface area (Å²) >= 11 is 0. The van der Waals surface area contributed by atoms with Gasteiger partial charge in [-0.15, -0.1) is 0 Å². The zero-order valence-electron chi connectivity index (χ0n) is 66.2. The van der Waals surface area contributed by atoms with Gasteiger partial charge in [-0.1, -0.05) is 97.6 Å². The van der Waals surface area contributed by atoms with Crippen LogP contribution in [-0.2, 0) is 67.0 Å². The quantitative estimate of drug-likeness (QED) is 0.177. The van der Waals surface area contributed by atoms with Crippen LogP contribution < -0.4 is 16.0 Å². The van der Waals surface area contributed by atoms with E-state index in [1.165, 1.54) is 108 Å². The first kappa shape index (κ1) is 85.7. The average Bonchev–Trinajstić information content (AvgIpc) is 1.61. The van der Waals surface area contributed by atoms with Crippen molar-refractivity contribution in [3.63, 3.8) is 0 Å². The minimum Gasteiger partial charge on any atom is -0.381 e. The number of nitrogens with zero attached hydrogens (tertiary/aromatic N) is 9. The van der Waals surface area contributed by atoms with E-state index in [1.807, 2.05) is 26.8 Å². The number of likely N-dealkylation sites (N-methyl/N-ethyl adjacent to an activating group) is 7. The molecule has 0 aromatic rings. The van der Waals surface area contributed by atoms with Crippen LogP contribution in [0.15, 0.2) is 12.2 Å². The van der Waals surface area contributed by atoms with Gasteiger partial charge in [-0.05, 0) is 138 Å². The highest BCUT2D eigenvalue weighted by molar-refractivity contribution is 6.01. The van der Waals surface area contributed by atoms with E-state index in [0.29, 0.717) is 44.4 Å². The van der Waals surface area contributed by atoms with Gasteiger partial charge in [-0.2, -0.15) is 13.2 Å². The monoisotopic (exact) mass is 1510 g/mol. The second-order valence-electron chi connectivity index (χ2n) is 33.7. The van der Waals surface area contributed by atoms with Crippen LogP contribution in [-0.4, -0.2) is 284 Å². The van der Waals surface area contributed by atoms with Crippen molar-refractivity contribution in [3.05, 3.63) is 12.2 Å². The van der Waals surface area contributed by atoms with Crippen LogP contribution in [0.4, 0.5) is 13.2 Å². The fraction of sp³-hybridized carbons (Fsp3) is 0.821. The summed E-state index contributed by atoms with van der Waals surface area (Å²) in [4.78, 5) is 194. The summed E-state index contributed by atoms with van der Waals surface area (Å²) in [6.45, 7) is 8.64. The fourth-order valence-corrected chi connectivity index (χ4v) is 18.9. The highest BCUT2D eigenvalue weighted by Gasteiger charge is 2.60. The molecule has 26 nitrogen and oxygen atoms in total. The Bertz CT molecular complexity index is 3200. The van der Waals surface area contributed by atoms with Gasteiger partial charge in [-0.3, -0.25) is 57.5 Å². The number of nitrogens with one attached hydrogen (secondary N) is 3. The van der Waals surface area contributed by atoms with E-state index < -0.39 is 180 Å². The molecule has 2 saturated heterocycles. The molecule has 3 unspecified atom stereocenters. The van der Waals surface area contributed by atoms with E-state index in [-0.39, 0.29) is 108 Å². The molecule has 5 saturated carbocycles. The van der Waals surface area contributed by atoms with Crippen molar-refractivity contribution >= 4 is 70.9 Å². The molecule has 1 spiro atoms. The Morgan fingerprint density at radius 1 is 0.636 bits per heavy atom. The van der Waals surface area contributed by atoms with Crippen LogP contribution in [0.2, 0.25) is 0 Å². The van der Waals surface area contributed by atoms with Crippen molar-refractivity contribution in [1.82, 2.24) is 60.0 Å². The number of alkyl halides is 3. The fourth-order valence-electron chi connectivity index (χ4n) is 18.9. The Hall–Kier alpha value is -6.91. The number of rotatable bonds is 13. The number of methoxy groups -OCH3 is 1. The first-order chi connectivity index (χ1) is 50.5. The van der Waals surface area contributed by atoms with E-state index in [4.69, 9.17) is 9.47 Å². The second kappa shape index (κ2) is 37.2. The third kappa shape index (κ3) is 20.8. The van der Waals surface area contributed by atoms with Crippen molar-refractivity contribution in [2.75, 3.05) is 96.3 Å². The molecule has 8 aliphatic rings. The minimum absolute atomic E-state index is 0.00111. The number of halogens is 3. The van der Waals surface area contributed by atoms with Gasteiger partial charge in [0.25, 0.3) is 0 Å². The maximum Gasteiger partial charge on any atom is 0.394 e. The minimum atomic E-state index is -4.52. The highest BCUT2D eigenvalue weighted by atomic mass is 19.4. The molecular formula is C78H125F3N12O14. The smallest absolute Gasteiger partial charge is 0.381 e. The summed E-state index contributed by atoms with van der Waals surface area (Å²) in [6.07, 6.45) is 6.62. The molecular weight excluding hydrogens is 1390 g/mol. The van der Waals surface area contributed by atoms with Crippen molar-refractivity contribution in [2.45, 2.75) is 274 Å². The number of fused-ring (bicyclic) bond motifs is 3. The molecule has 8 rings (SSSR count). The molecule has 107 heavy (non-hydrogen) atoms. The maximum absolute atomic E-state index is 15.8. The van der Waals surface area contributed by atoms with E-state index in [9.17, 15) is 41.9 Å². The molecule has 12 amide bonds. The van der Waals surface area contributed by atoms with Gasteiger partial charge >= 0.3 is 6.18 Å². The normalized spacial score (nSPS) is 32.4. The lowest BCUT2D eigenvalue weighted by Gasteiger charge is -2.54. The lowest BCUT2D eigenvalue weighted by Crippen LogP contribution is -2.71. The van der Waals surface area contributed by atoms with Gasteiger partial charge in [0, 0.05) is 89.6 Å². The van der Waals surface area contributed by atoms with Crippen LogP contribution in [0.1, 0.15) is 202 Å². The second-order valence-corrected chi connectivity index (χ2v) is 33.7. The van der Waals surface area contributed by atoms with Gasteiger partial charge in [0.2, 0.25) is 70.9 Å². The van der Waals surface area contributed by atoms with E-state index in [2.05, 4.69) is 22.9 Å². The van der Waals surface area contributed by atoms with E-state index in [1.54, 1.807) is 13.0 Å². The highest BCUT2D eigenvalue weighted by Crippen LogP contribution is 2.50. The lowest BCUT2D eigenvalue weighted by molar-refractivity contribution is -0.215.